The van der Waals surface area contributed by atoms with E-state index < -0.39 is 0 Å². The molecular weight excluding hydrogens is 322 g/mol. The summed E-state index contributed by atoms with van der Waals surface area (Å²) in [6.45, 7) is 2.07. The second-order valence-electron chi connectivity index (χ2n) is 6.61. The van der Waals surface area contributed by atoms with Crippen molar-refractivity contribution in [2.45, 2.75) is 12.8 Å². The van der Waals surface area contributed by atoms with Crippen LogP contribution >= 0.6 is 0 Å². The van der Waals surface area contributed by atoms with Crippen molar-refractivity contribution >= 4 is 16.9 Å². The molecule has 0 atom stereocenters. The molecule has 1 aliphatic heterocycles. The molecule has 1 fully saturated rings. The first kappa shape index (κ1) is 15.1. The minimum absolute atomic E-state index is 0.652. The molecule has 0 saturated carbocycles. The van der Waals surface area contributed by atoms with E-state index in [1.165, 1.54) is 12.8 Å². The third-order valence-electron chi connectivity index (χ3n) is 4.97. The summed E-state index contributed by atoms with van der Waals surface area (Å²) in [5, 5.41) is 1.01. The van der Waals surface area contributed by atoms with Crippen LogP contribution in [0.1, 0.15) is 12.8 Å². The van der Waals surface area contributed by atoms with Gasteiger partial charge in [0.05, 0.1) is 5.39 Å². The molecule has 0 aliphatic carbocycles. The summed E-state index contributed by atoms with van der Waals surface area (Å²) >= 11 is 0. The van der Waals surface area contributed by atoms with Crippen molar-refractivity contribution in [1.82, 2.24) is 9.97 Å². The molecule has 0 bridgehead atoms. The zero-order chi connectivity index (χ0) is 17.3. The second kappa shape index (κ2) is 6.30. The summed E-state index contributed by atoms with van der Waals surface area (Å²) < 4.78 is 6.26. The molecule has 0 amide bonds. The first-order valence-corrected chi connectivity index (χ1v) is 9.05. The van der Waals surface area contributed by atoms with Gasteiger partial charge in [-0.2, -0.15) is 0 Å². The molecule has 4 aromatic rings. The Bertz CT molecular complexity index is 1040. The lowest BCUT2D eigenvalue weighted by atomic mass is 9.99. The number of benzene rings is 2. The molecule has 0 unspecified atom stereocenters. The molecule has 3 heterocycles. The first-order valence-electron chi connectivity index (χ1n) is 9.05. The van der Waals surface area contributed by atoms with Gasteiger partial charge in [-0.3, -0.25) is 0 Å². The van der Waals surface area contributed by atoms with Gasteiger partial charge in [-0.15, -0.1) is 0 Å². The van der Waals surface area contributed by atoms with Gasteiger partial charge in [0, 0.05) is 24.2 Å². The van der Waals surface area contributed by atoms with Crippen LogP contribution in [-0.4, -0.2) is 23.1 Å². The van der Waals surface area contributed by atoms with E-state index in [0.29, 0.717) is 5.71 Å². The van der Waals surface area contributed by atoms with Crippen LogP contribution in [0.15, 0.2) is 71.4 Å². The van der Waals surface area contributed by atoms with Gasteiger partial charge in [0.2, 0.25) is 5.71 Å². The van der Waals surface area contributed by atoms with E-state index in [0.717, 1.165) is 46.7 Å². The van der Waals surface area contributed by atoms with Gasteiger partial charge in [0.25, 0.3) is 0 Å². The highest BCUT2D eigenvalue weighted by Crippen LogP contribution is 2.43. The molecule has 26 heavy (non-hydrogen) atoms. The van der Waals surface area contributed by atoms with Crippen LogP contribution in [0.2, 0.25) is 0 Å². The van der Waals surface area contributed by atoms with Crippen molar-refractivity contribution in [1.29, 1.82) is 0 Å². The molecule has 4 heteroatoms. The van der Waals surface area contributed by atoms with Crippen molar-refractivity contribution < 1.29 is 4.42 Å². The molecule has 0 N–H and O–H groups in total. The minimum Gasteiger partial charge on any atom is -0.437 e. The van der Waals surface area contributed by atoms with Crippen molar-refractivity contribution in [3.63, 3.8) is 0 Å². The molecule has 2 aromatic heterocycles. The van der Waals surface area contributed by atoms with E-state index in [2.05, 4.69) is 51.3 Å². The van der Waals surface area contributed by atoms with E-state index in [4.69, 9.17) is 4.42 Å². The number of fused-ring (bicyclic) bond motifs is 1. The Balaban J connectivity index is 1.84. The molecule has 5 rings (SSSR count). The van der Waals surface area contributed by atoms with Crippen molar-refractivity contribution in [3.05, 3.63) is 67.0 Å². The van der Waals surface area contributed by atoms with Gasteiger partial charge in [0.15, 0.2) is 0 Å². The van der Waals surface area contributed by atoms with Crippen LogP contribution in [0.5, 0.6) is 0 Å². The normalized spacial score (nSPS) is 14.2. The summed E-state index contributed by atoms with van der Waals surface area (Å²) in [6, 6.07) is 20.6. The number of aromatic nitrogens is 2. The number of furan rings is 1. The lowest BCUT2D eigenvalue weighted by Crippen LogP contribution is -2.19. The van der Waals surface area contributed by atoms with Gasteiger partial charge in [-0.1, -0.05) is 60.7 Å². The first-order chi connectivity index (χ1) is 12.9. The number of hydrogen-bond donors (Lipinski definition) is 0. The monoisotopic (exact) mass is 341 g/mol. The number of anilines is 1. The largest absolute Gasteiger partial charge is 0.437 e. The van der Waals surface area contributed by atoms with Crippen LogP contribution in [-0.2, 0) is 0 Å². The highest BCUT2D eigenvalue weighted by Gasteiger charge is 2.25. The van der Waals surface area contributed by atoms with E-state index >= 15 is 0 Å². The van der Waals surface area contributed by atoms with Gasteiger partial charge in [-0.05, 0) is 18.4 Å². The molecule has 1 saturated heterocycles. The molecule has 0 radical (unpaired) electrons. The highest BCUT2D eigenvalue weighted by atomic mass is 16.3. The van der Waals surface area contributed by atoms with Crippen molar-refractivity contribution in [2.75, 3.05) is 18.0 Å². The van der Waals surface area contributed by atoms with Crippen LogP contribution in [0.25, 0.3) is 33.6 Å². The summed E-state index contributed by atoms with van der Waals surface area (Å²) in [6.07, 6.45) is 4.02. The van der Waals surface area contributed by atoms with E-state index in [1.807, 2.05) is 24.3 Å². The van der Waals surface area contributed by atoms with Gasteiger partial charge in [0.1, 0.15) is 17.9 Å². The fraction of sp³-hybridized carbons (Fsp3) is 0.182. The Kier molecular flexibility index (Phi) is 3.67. The average Bonchev–Trinajstić information content (AvgIpc) is 3.37. The predicted octanol–water partition coefficient (Wildman–Crippen LogP) is 5.16. The quantitative estimate of drug-likeness (QED) is 0.516. The minimum atomic E-state index is 0.652. The molecule has 1 aliphatic rings. The Morgan fingerprint density at radius 3 is 2.12 bits per heavy atom. The predicted molar refractivity (Wildman–Crippen MR) is 104 cm³/mol. The maximum absolute atomic E-state index is 6.26. The van der Waals surface area contributed by atoms with Crippen LogP contribution < -0.4 is 4.90 Å². The van der Waals surface area contributed by atoms with Gasteiger partial charge in [-0.25, -0.2) is 9.97 Å². The summed E-state index contributed by atoms with van der Waals surface area (Å²) in [4.78, 5) is 11.4. The lowest BCUT2D eigenvalue weighted by molar-refractivity contribution is 0.618. The van der Waals surface area contributed by atoms with Crippen LogP contribution in [0, 0.1) is 0 Å². The Morgan fingerprint density at radius 2 is 1.42 bits per heavy atom. The third-order valence-corrected chi connectivity index (χ3v) is 4.97. The van der Waals surface area contributed by atoms with Crippen LogP contribution in [0.4, 0.5) is 5.82 Å². The topological polar surface area (TPSA) is 42.2 Å². The zero-order valence-electron chi connectivity index (χ0n) is 14.4. The van der Waals surface area contributed by atoms with Crippen molar-refractivity contribution in [3.8, 4) is 22.5 Å². The van der Waals surface area contributed by atoms with E-state index in [1.54, 1.807) is 6.33 Å². The SMILES string of the molecule is c1ccc(-c2oc3ncnc(N4CCCC4)c3c2-c2ccccc2)cc1. The zero-order valence-corrected chi connectivity index (χ0v) is 14.4. The third kappa shape index (κ3) is 2.46. The fourth-order valence-electron chi connectivity index (χ4n) is 3.76. The molecule has 2 aromatic carbocycles. The maximum Gasteiger partial charge on any atom is 0.232 e. The molecule has 0 spiro atoms. The number of hydrogen-bond acceptors (Lipinski definition) is 4. The second-order valence-corrected chi connectivity index (χ2v) is 6.61. The Morgan fingerprint density at radius 1 is 0.769 bits per heavy atom. The molecule has 128 valence electrons. The summed E-state index contributed by atoms with van der Waals surface area (Å²) in [7, 11) is 0. The van der Waals surface area contributed by atoms with E-state index in [-0.39, 0.29) is 0 Å². The Hall–Kier alpha value is -3.14. The maximum atomic E-state index is 6.26. The Labute approximate surface area is 152 Å². The molecular formula is C22H19N3O. The molecule has 4 nitrogen and oxygen atoms in total. The average molecular weight is 341 g/mol. The van der Waals surface area contributed by atoms with Crippen LogP contribution in [0.3, 0.4) is 0 Å². The van der Waals surface area contributed by atoms with Crippen molar-refractivity contribution in [2.24, 2.45) is 0 Å². The highest BCUT2D eigenvalue weighted by molar-refractivity contribution is 6.06. The summed E-state index contributed by atoms with van der Waals surface area (Å²) in [5.74, 6) is 1.84. The summed E-state index contributed by atoms with van der Waals surface area (Å²) in [5.41, 5.74) is 3.91. The van der Waals surface area contributed by atoms with Gasteiger partial charge >= 0.3 is 0 Å². The smallest absolute Gasteiger partial charge is 0.232 e. The fourth-order valence-corrected chi connectivity index (χ4v) is 3.76. The number of rotatable bonds is 3. The standard InChI is InChI=1S/C22H19N3O/c1-3-9-16(10-4-1)18-19-21(25-13-7-8-14-25)23-15-24-22(19)26-20(18)17-11-5-2-6-12-17/h1-6,9-12,15H,7-8,13-14H2. The lowest BCUT2D eigenvalue weighted by Gasteiger charge is -2.17. The number of nitrogens with zero attached hydrogens (tertiary/aromatic N) is 3. The van der Waals surface area contributed by atoms with E-state index in [9.17, 15) is 0 Å². The van der Waals surface area contributed by atoms with Gasteiger partial charge < -0.3 is 9.32 Å².